The fourth-order valence-electron chi connectivity index (χ4n) is 2.90. The van der Waals surface area contributed by atoms with E-state index in [0.29, 0.717) is 33.1 Å². The van der Waals surface area contributed by atoms with E-state index in [0.717, 1.165) is 0 Å². The van der Waals surface area contributed by atoms with E-state index in [1.54, 1.807) is 62.4 Å². The largest absolute Gasteiger partial charge is 0.443 e. The molecule has 0 saturated heterocycles. The molecule has 12 heteroatoms. The van der Waals surface area contributed by atoms with E-state index in [1.165, 1.54) is 9.77 Å². The molecule has 0 atom stereocenters. The molecule has 0 spiro atoms. The average Bonchev–Trinajstić information content (AvgIpc) is 3.27. The molecule has 0 amide bonds. The van der Waals surface area contributed by atoms with Gasteiger partial charge in [0.15, 0.2) is 0 Å². The second kappa shape index (κ2) is 8.18. The van der Waals surface area contributed by atoms with Crippen molar-refractivity contribution in [2.75, 3.05) is 0 Å². The van der Waals surface area contributed by atoms with Crippen molar-refractivity contribution in [1.29, 1.82) is 0 Å². The molecule has 4 N–H and O–H groups in total. The van der Waals surface area contributed by atoms with E-state index >= 15 is 0 Å². The van der Waals surface area contributed by atoms with Crippen LogP contribution in [-0.2, 0) is 20.0 Å². The molecule has 4 rings (SSSR count). The maximum Gasteiger partial charge on any atom is 0.295 e. The zero-order chi connectivity index (χ0) is 22.1. The van der Waals surface area contributed by atoms with Crippen LogP contribution in [0.5, 0.6) is 0 Å². The van der Waals surface area contributed by atoms with E-state index in [-0.39, 0.29) is 10.2 Å². The van der Waals surface area contributed by atoms with Crippen molar-refractivity contribution in [3.8, 4) is 0 Å². The third-order valence-corrected chi connectivity index (χ3v) is 6.56. The van der Waals surface area contributed by atoms with Crippen molar-refractivity contribution in [3.05, 3.63) is 59.7 Å². The standard InChI is InChI=1S/2C9H9NO4S/c2*1-6-7-4-2-3-5-8(7)14-9(6)15(12,13)10-11/h2*2-5,10-11H,1H3. The predicted octanol–water partition coefficient (Wildman–Crippen LogP) is 2.82. The first-order chi connectivity index (χ1) is 14.1. The normalized spacial score (nSPS) is 12.1. The maximum atomic E-state index is 11.3. The van der Waals surface area contributed by atoms with E-state index in [9.17, 15) is 16.8 Å². The third kappa shape index (κ3) is 3.96. The van der Waals surface area contributed by atoms with Crippen LogP contribution in [0.2, 0.25) is 0 Å². The summed E-state index contributed by atoms with van der Waals surface area (Å²) in [5.74, 6) is 0. The summed E-state index contributed by atoms with van der Waals surface area (Å²) in [5, 5.41) is 17.9. The van der Waals surface area contributed by atoms with Crippen LogP contribution in [0.15, 0.2) is 67.5 Å². The molecule has 0 bridgehead atoms. The lowest BCUT2D eigenvalue weighted by Crippen LogP contribution is -2.19. The number of nitrogens with one attached hydrogen (secondary N) is 2. The van der Waals surface area contributed by atoms with Gasteiger partial charge in [0.1, 0.15) is 11.2 Å². The number of sulfonamides is 2. The van der Waals surface area contributed by atoms with Crippen molar-refractivity contribution in [1.82, 2.24) is 9.77 Å². The quantitative estimate of drug-likeness (QED) is 0.343. The summed E-state index contributed by atoms with van der Waals surface area (Å²) in [4.78, 5) is 2.48. The number of para-hydroxylation sites is 2. The first-order valence-electron chi connectivity index (χ1n) is 8.40. The Bertz CT molecular complexity index is 1310. The van der Waals surface area contributed by atoms with Gasteiger partial charge in [-0.15, -0.1) is 0 Å². The number of furan rings is 2. The van der Waals surface area contributed by atoms with Gasteiger partial charge in [0.05, 0.1) is 0 Å². The van der Waals surface area contributed by atoms with Gasteiger partial charge in [-0.25, -0.2) is 16.8 Å². The number of rotatable bonds is 4. The second-order valence-corrected chi connectivity index (χ2v) is 9.33. The van der Waals surface area contributed by atoms with Gasteiger partial charge in [-0.2, -0.15) is 0 Å². The van der Waals surface area contributed by atoms with Gasteiger partial charge in [0.25, 0.3) is 20.0 Å². The van der Waals surface area contributed by atoms with Gasteiger partial charge < -0.3 is 19.2 Å². The van der Waals surface area contributed by atoms with E-state index in [1.807, 2.05) is 0 Å². The molecule has 2 aromatic heterocycles. The summed E-state index contributed by atoms with van der Waals surface area (Å²) < 4.78 is 55.6. The lowest BCUT2D eigenvalue weighted by molar-refractivity contribution is 0.239. The molecule has 2 heterocycles. The van der Waals surface area contributed by atoms with Crippen LogP contribution < -0.4 is 9.77 Å². The molecule has 160 valence electrons. The summed E-state index contributed by atoms with van der Waals surface area (Å²) >= 11 is 0. The molecule has 4 aromatic rings. The van der Waals surface area contributed by atoms with E-state index in [4.69, 9.17) is 19.2 Å². The Hall–Kier alpha value is -2.74. The zero-order valence-electron chi connectivity index (χ0n) is 15.8. The molecular weight excluding hydrogens is 436 g/mol. The Kier molecular flexibility index (Phi) is 5.99. The van der Waals surface area contributed by atoms with Gasteiger partial charge in [0, 0.05) is 21.9 Å². The van der Waals surface area contributed by atoms with Crippen LogP contribution in [-0.4, -0.2) is 27.3 Å². The number of hydrogen-bond acceptors (Lipinski definition) is 8. The fraction of sp³-hybridized carbons (Fsp3) is 0.111. The highest BCUT2D eigenvalue weighted by atomic mass is 32.2. The van der Waals surface area contributed by atoms with Crippen LogP contribution in [0.25, 0.3) is 21.9 Å². The van der Waals surface area contributed by atoms with Crippen molar-refractivity contribution >= 4 is 42.0 Å². The smallest absolute Gasteiger partial charge is 0.295 e. The minimum atomic E-state index is -3.95. The number of aryl methyl sites for hydroxylation is 2. The number of benzene rings is 2. The Morgan fingerprint density at radius 3 is 1.30 bits per heavy atom. The topological polar surface area (TPSA) is 159 Å². The Balaban J connectivity index is 0.000000171. The second-order valence-electron chi connectivity index (χ2n) is 6.21. The maximum absolute atomic E-state index is 11.3. The van der Waals surface area contributed by atoms with Crippen LogP contribution in [0.3, 0.4) is 0 Å². The molecule has 0 fully saturated rings. The summed E-state index contributed by atoms with van der Waals surface area (Å²) in [6.07, 6.45) is 0. The summed E-state index contributed by atoms with van der Waals surface area (Å²) in [6, 6.07) is 13.9. The van der Waals surface area contributed by atoms with Crippen molar-refractivity contribution < 1.29 is 36.1 Å². The van der Waals surface area contributed by atoms with Crippen molar-refractivity contribution in [2.24, 2.45) is 0 Å². The average molecular weight is 454 g/mol. The highest BCUT2D eigenvalue weighted by molar-refractivity contribution is 7.89. The third-order valence-electron chi connectivity index (χ3n) is 4.33. The number of hydrogen-bond donors (Lipinski definition) is 4. The van der Waals surface area contributed by atoms with Crippen LogP contribution >= 0.6 is 0 Å². The zero-order valence-corrected chi connectivity index (χ0v) is 17.4. The van der Waals surface area contributed by atoms with Crippen LogP contribution in [0.1, 0.15) is 11.1 Å². The monoisotopic (exact) mass is 454 g/mol. The minimum absolute atomic E-state index is 0.258. The molecule has 0 aliphatic rings. The lowest BCUT2D eigenvalue weighted by Gasteiger charge is -1.96. The van der Waals surface area contributed by atoms with E-state index < -0.39 is 20.0 Å². The van der Waals surface area contributed by atoms with Gasteiger partial charge in [-0.05, 0) is 26.0 Å². The van der Waals surface area contributed by atoms with Crippen LogP contribution in [0, 0.1) is 13.8 Å². The van der Waals surface area contributed by atoms with Crippen molar-refractivity contribution in [2.45, 2.75) is 24.0 Å². The summed E-state index contributed by atoms with van der Waals surface area (Å²) in [5.41, 5.74) is 1.91. The predicted molar refractivity (Wildman–Crippen MR) is 106 cm³/mol. The first kappa shape index (κ1) is 22.0. The van der Waals surface area contributed by atoms with Gasteiger partial charge in [-0.3, -0.25) is 0 Å². The molecule has 0 unspecified atom stereocenters. The van der Waals surface area contributed by atoms with Gasteiger partial charge >= 0.3 is 0 Å². The highest BCUT2D eigenvalue weighted by Gasteiger charge is 2.23. The molecule has 0 saturated carbocycles. The first-order valence-corrected chi connectivity index (χ1v) is 11.4. The molecule has 0 aliphatic heterocycles. The Labute approximate surface area is 171 Å². The van der Waals surface area contributed by atoms with Crippen LogP contribution in [0.4, 0.5) is 0 Å². The molecule has 30 heavy (non-hydrogen) atoms. The molecule has 0 aliphatic carbocycles. The highest BCUT2D eigenvalue weighted by Crippen LogP contribution is 2.28. The summed E-state index contributed by atoms with van der Waals surface area (Å²) in [7, 11) is -7.90. The Morgan fingerprint density at radius 1 is 0.667 bits per heavy atom. The van der Waals surface area contributed by atoms with E-state index in [2.05, 4.69) is 0 Å². The van der Waals surface area contributed by atoms with Crippen molar-refractivity contribution in [3.63, 3.8) is 0 Å². The molecular formula is C18H18N2O8S2. The van der Waals surface area contributed by atoms with Gasteiger partial charge in [0.2, 0.25) is 10.2 Å². The molecule has 10 nitrogen and oxygen atoms in total. The SMILES string of the molecule is Cc1c(S(=O)(=O)NO)oc2ccccc12.Cc1c(S(=O)(=O)NO)oc2ccccc12. The fourth-order valence-corrected chi connectivity index (χ4v) is 4.49. The van der Waals surface area contributed by atoms with Gasteiger partial charge in [-0.1, -0.05) is 46.2 Å². The minimum Gasteiger partial charge on any atom is -0.443 e. The molecule has 0 radical (unpaired) electrons. The lowest BCUT2D eigenvalue weighted by atomic mass is 10.2. The molecule has 2 aromatic carbocycles. The Morgan fingerprint density at radius 2 is 1.00 bits per heavy atom. The summed E-state index contributed by atoms with van der Waals surface area (Å²) in [6.45, 7) is 3.24. The number of fused-ring (bicyclic) bond motifs is 2.